The molecular weight excluding hydrogens is 287 g/mol. The van der Waals surface area contributed by atoms with E-state index in [4.69, 9.17) is 9.05 Å². The SMILES string of the molecule is CCCCC(CC)CO[PH](O)(O)OCC(CC)CCCC. The molecule has 0 aromatic rings. The Morgan fingerprint density at radius 1 is 0.762 bits per heavy atom. The summed E-state index contributed by atoms with van der Waals surface area (Å²) in [6.45, 7) is 9.33. The van der Waals surface area contributed by atoms with Crippen molar-refractivity contribution >= 4 is 8.17 Å². The van der Waals surface area contributed by atoms with Crippen molar-refractivity contribution in [3.63, 3.8) is 0 Å². The fraction of sp³-hybridized carbons (Fsp3) is 1.00. The molecule has 0 amide bonds. The van der Waals surface area contributed by atoms with Gasteiger partial charge in [-0.3, -0.25) is 0 Å². The Morgan fingerprint density at radius 3 is 1.43 bits per heavy atom. The third-order valence-electron chi connectivity index (χ3n) is 4.10. The summed E-state index contributed by atoms with van der Waals surface area (Å²) in [7, 11) is -3.94. The van der Waals surface area contributed by atoms with Gasteiger partial charge in [-0.15, -0.1) is 0 Å². The molecule has 0 saturated heterocycles. The van der Waals surface area contributed by atoms with Gasteiger partial charge < -0.3 is 0 Å². The molecule has 0 aliphatic carbocycles. The van der Waals surface area contributed by atoms with Crippen LogP contribution in [-0.2, 0) is 9.05 Å². The molecule has 0 bridgehead atoms. The second-order valence-electron chi connectivity index (χ2n) is 6.00. The van der Waals surface area contributed by atoms with Gasteiger partial charge in [-0.25, -0.2) is 0 Å². The van der Waals surface area contributed by atoms with E-state index in [1.807, 2.05) is 0 Å². The van der Waals surface area contributed by atoms with Gasteiger partial charge in [0.05, 0.1) is 0 Å². The molecule has 5 heteroatoms. The molecule has 0 fully saturated rings. The van der Waals surface area contributed by atoms with Crippen LogP contribution in [0.15, 0.2) is 0 Å². The van der Waals surface area contributed by atoms with E-state index in [9.17, 15) is 9.79 Å². The van der Waals surface area contributed by atoms with Crippen molar-refractivity contribution in [1.29, 1.82) is 0 Å². The molecule has 130 valence electrons. The summed E-state index contributed by atoms with van der Waals surface area (Å²) in [5.74, 6) is 0.781. The molecule has 0 spiro atoms. The van der Waals surface area contributed by atoms with Crippen molar-refractivity contribution < 1.29 is 18.8 Å². The number of hydrogen-bond acceptors (Lipinski definition) is 4. The summed E-state index contributed by atoms with van der Waals surface area (Å²) < 4.78 is 10.6. The van der Waals surface area contributed by atoms with Gasteiger partial charge in [-0.1, -0.05) is 0 Å². The van der Waals surface area contributed by atoms with E-state index in [1.54, 1.807) is 0 Å². The maximum absolute atomic E-state index is 9.90. The summed E-state index contributed by atoms with van der Waals surface area (Å²) in [5.41, 5.74) is 0. The van der Waals surface area contributed by atoms with Crippen LogP contribution < -0.4 is 0 Å². The average molecular weight is 324 g/mol. The first-order valence-electron chi connectivity index (χ1n) is 8.71. The fourth-order valence-electron chi connectivity index (χ4n) is 2.29. The molecule has 0 heterocycles. The predicted octanol–water partition coefficient (Wildman–Crippen LogP) is 4.85. The van der Waals surface area contributed by atoms with Crippen LogP contribution in [0.4, 0.5) is 0 Å². The normalized spacial score (nSPS) is 15.9. The molecule has 0 radical (unpaired) electrons. The Kier molecular flexibility index (Phi) is 12.9. The van der Waals surface area contributed by atoms with E-state index in [2.05, 4.69) is 27.7 Å². The summed E-state index contributed by atoms with van der Waals surface area (Å²) in [6, 6.07) is 0. The zero-order valence-corrected chi connectivity index (χ0v) is 15.4. The third kappa shape index (κ3) is 11.5. The van der Waals surface area contributed by atoms with E-state index < -0.39 is 8.17 Å². The van der Waals surface area contributed by atoms with E-state index in [0.717, 1.165) is 51.4 Å². The molecule has 0 aliphatic heterocycles. The van der Waals surface area contributed by atoms with Crippen LogP contribution in [0.5, 0.6) is 0 Å². The Balaban J connectivity index is 4.04. The van der Waals surface area contributed by atoms with E-state index >= 15 is 0 Å². The minimum atomic E-state index is -3.94. The molecule has 0 saturated carbocycles. The second-order valence-corrected chi connectivity index (χ2v) is 7.68. The second kappa shape index (κ2) is 12.8. The number of unbranched alkanes of at least 4 members (excludes halogenated alkanes) is 2. The van der Waals surface area contributed by atoms with Crippen molar-refractivity contribution in [1.82, 2.24) is 0 Å². The predicted molar refractivity (Wildman–Crippen MR) is 91.3 cm³/mol. The first-order valence-corrected chi connectivity index (χ1v) is 10.4. The summed E-state index contributed by atoms with van der Waals surface area (Å²) in [4.78, 5) is 19.8. The van der Waals surface area contributed by atoms with Crippen molar-refractivity contribution in [3.05, 3.63) is 0 Å². The van der Waals surface area contributed by atoms with Crippen LogP contribution >= 0.6 is 8.17 Å². The third-order valence-corrected chi connectivity index (χ3v) is 5.19. The number of rotatable bonds is 14. The minimum absolute atomic E-state index is 0.390. The van der Waals surface area contributed by atoms with Gasteiger partial charge in [0.25, 0.3) is 0 Å². The summed E-state index contributed by atoms with van der Waals surface area (Å²) in [6.07, 6.45) is 8.77. The molecule has 2 N–H and O–H groups in total. The topological polar surface area (TPSA) is 58.9 Å². The molecule has 0 rings (SSSR count). The summed E-state index contributed by atoms with van der Waals surface area (Å²) in [5, 5.41) is 0. The van der Waals surface area contributed by atoms with Crippen LogP contribution in [0, 0.1) is 11.8 Å². The van der Waals surface area contributed by atoms with Crippen molar-refractivity contribution in [2.45, 2.75) is 79.1 Å². The Bertz CT molecular complexity index is 214. The monoisotopic (exact) mass is 324 g/mol. The van der Waals surface area contributed by atoms with Crippen molar-refractivity contribution in [2.24, 2.45) is 11.8 Å². The quantitative estimate of drug-likeness (QED) is 0.449. The van der Waals surface area contributed by atoms with E-state index in [1.165, 1.54) is 0 Å². The zero-order valence-electron chi connectivity index (χ0n) is 14.4. The first kappa shape index (κ1) is 21.3. The molecule has 0 aromatic heterocycles. The van der Waals surface area contributed by atoms with Crippen LogP contribution in [0.1, 0.15) is 79.1 Å². The standard InChI is InChI=1S/C16H37O4P/c1-5-9-11-15(7-3)13-19-21(17,18)20-14-16(8-4)12-10-6-2/h15-18,21H,5-14H2,1-4H3. The fourth-order valence-corrected chi connectivity index (χ4v) is 3.28. The molecule has 0 aromatic carbocycles. The molecule has 4 nitrogen and oxygen atoms in total. The van der Waals surface area contributed by atoms with Gasteiger partial charge in [0.2, 0.25) is 0 Å². The first-order chi connectivity index (χ1) is 9.99. The van der Waals surface area contributed by atoms with Crippen molar-refractivity contribution in [2.75, 3.05) is 13.2 Å². The maximum atomic E-state index is 9.90. The van der Waals surface area contributed by atoms with Crippen LogP contribution in [0.25, 0.3) is 0 Å². The van der Waals surface area contributed by atoms with Crippen LogP contribution in [0.3, 0.4) is 0 Å². The Labute approximate surface area is 131 Å². The molecule has 21 heavy (non-hydrogen) atoms. The Morgan fingerprint density at radius 2 is 1.14 bits per heavy atom. The van der Waals surface area contributed by atoms with E-state index in [0.29, 0.717) is 25.0 Å². The van der Waals surface area contributed by atoms with Gasteiger partial charge in [-0.2, -0.15) is 0 Å². The molecular formula is C16H37O4P. The zero-order chi connectivity index (χ0) is 16.1. The van der Waals surface area contributed by atoms with Gasteiger partial charge in [0, 0.05) is 0 Å². The molecule has 2 unspecified atom stereocenters. The van der Waals surface area contributed by atoms with Crippen LogP contribution in [0.2, 0.25) is 0 Å². The van der Waals surface area contributed by atoms with Gasteiger partial charge in [0.15, 0.2) is 0 Å². The molecule has 0 aliphatic rings. The summed E-state index contributed by atoms with van der Waals surface area (Å²) >= 11 is 0. The molecule has 2 atom stereocenters. The van der Waals surface area contributed by atoms with Crippen LogP contribution in [-0.4, -0.2) is 23.0 Å². The average Bonchev–Trinajstić information content (AvgIpc) is 2.47. The Hall–Kier alpha value is 0.270. The van der Waals surface area contributed by atoms with Gasteiger partial charge in [-0.05, 0) is 0 Å². The van der Waals surface area contributed by atoms with Crippen molar-refractivity contribution in [3.8, 4) is 0 Å². The van der Waals surface area contributed by atoms with Gasteiger partial charge >= 0.3 is 131 Å². The van der Waals surface area contributed by atoms with Gasteiger partial charge in [0.1, 0.15) is 0 Å². The number of hydrogen-bond donors (Lipinski definition) is 2. The van der Waals surface area contributed by atoms with E-state index in [-0.39, 0.29) is 0 Å².